The SMILES string of the molecule is CC(O)C(=O)O.[S]=[Mo]=[S]. The first-order valence-electron chi connectivity index (χ1n) is 1.89. The van der Waals surface area contributed by atoms with Gasteiger partial charge in [-0.25, -0.2) is 4.79 Å². The Labute approximate surface area is 68.5 Å². The average Bonchev–Trinajstić information content (AvgIpc) is 1.68. The molecule has 3 nitrogen and oxygen atoms in total. The second-order valence-electron chi connectivity index (χ2n) is 1.08. The fraction of sp³-hybridized carbons (Fsp3) is 0.667. The van der Waals surface area contributed by atoms with Crippen molar-refractivity contribution in [3.63, 3.8) is 0 Å². The van der Waals surface area contributed by atoms with Crippen molar-refractivity contribution >= 4 is 25.6 Å². The van der Waals surface area contributed by atoms with Crippen LogP contribution in [0.25, 0.3) is 0 Å². The zero-order chi connectivity index (χ0) is 7.86. The van der Waals surface area contributed by atoms with Gasteiger partial charge in [0.25, 0.3) is 0 Å². The van der Waals surface area contributed by atoms with Gasteiger partial charge in [-0.3, -0.25) is 0 Å². The molecule has 0 saturated carbocycles. The van der Waals surface area contributed by atoms with E-state index in [-0.39, 0.29) is 14.9 Å². The Kier molecular flexibility index (Phi) is 11.7. The molecule has 0 heterocycles. The molecule has 0 fully saturated rings. The molecule has 0 bridgehead atoms. The van der Waals surface area contributed by atoms with E-state index in [0.29, 0.717) is 0 Å². The van der Waals surface area contributed by atoms with Crippen LogP contribution in [0.1, 0.15) is 6.92 Å². The van der Waals surface area contributed by atoms with E-state index >= 15 is 0 Å². The maximum absolute atomic E-state index is 9.45. The molecule has 0 aliphatic heterocycles. The van der Waals surface area contributed by atoms with E-state index in [4.69, 9.17) is 10.2 Å². The van der Waals surface area contributed by atoms with Crippen molar-refractivity contribution in [3.05, 3.63) is 0 Å². The fourth-order valence-corrected chi connectivity index (χ4v) is 0. The molecule has 9 heavy (non-hydrogen) atoms. The summed E-state index contributed by atoms with van der Waals surface area (Å²) in [6.07, 6.45) is -1.23. The van der Waals surface area contributed by atoms with Crippen molar-refractivity contribution in [2.24, 2.45) is 0 Å². The molecule has 0 aliphatic carbocycles. The number of carbonyl (C=O) groups is 1. The molecule has 0 saturated heterocycles. The molecule has 1 unspecified atom stereocenters. The van der Waals surface area contributed by atoms with Crippen molar-refractivity contribution in [3.8, 4) is 0 Å². The summed E-state index contributed by atoms with van der Waals surface area (Å²) in [4.78, 5) is 9.45. The van der Waals surface area contributed by atoms with Crippen LogP contribution in [0.2, 0.25) is 0 Å². The molecule has 1 atom stereocenters. The van der Waals surface area contributed by atoms with E-state index in [1.807, 2.05) is 0 Å². The van der Waals surface area contributed by atoms with E-state index in [1.54, 1.807) is 0 Å². The Hall–Kier alpha value is 0.558. The second kappa shape index (κ2) is 8.56. The summed E-state index contributed by atoms with van der Waals surface area (Å²) in [5.74, 6) is -1.19. The molecule has 0 amide bonds. The maximum atomic E-state index is 9.45. The first-order chi connectivity index (χ1) is 4.06. The van der Waals surface area contributed by atoms with E-state index in [0.717, 1.165) is 0 Å². The van der Waals surface area contributed by atoms with Gasteiger partial charge in [0.1, 0.15) is 6.10 Å². The van der Waals surface area contributed by atoms with Gasteiger partial charge in [-0.2, -0.15) is 0 Å². The number of aliphatic carboxylic acids is 1. The predicted molar refractivity (Wildman–Crippen MR) is 34.5 cm³/mol. The first-order valence-corrected chi connectivity index (χ1v) is 7.47. The summed E-state index contributed by atoms with van der Waals surface area (Å²) in [7, 11) is 8.68. The van der Waals surface area contributed by atoms with Crippen molar-refractivity contribution in [2.75, 3.05) is 0 Å². The topological polar surface area (TPSA) is 57.5 Å². The van der Waals surface area contributed by atoms with Crippen LogP contribution in [0, 0.1) is 0 Å². The molecule has 0 spiro atoms. The summed E-state index contributed by atoms with van der Waals surface area (Å²) in [5.41, 5.74) is 0. The molecule has 2 N–H and O–H groups in total. The van der Waals surface area contributed by atoms with Crippen LogP contribution in [-0.2, 0) is 19.7 Å². The van der Waals surface area contributed by atoms with Crippen molar-refractivity contribution < 1.29 is 29.9 Å². The summed E-state index contributed by atoms with van der Waals surface area (Å²) in [5, 5.41) is 15.8. The number of carboxylic acids is 1. The Bertz CT molecular complexity index is 118. The van der Waals surface area contributed by atoms with Crippen LogP contribution in [0.5, 0.6) is 0 Å². The van der Waals surface area contributed by atoms with Crippen LogP contribution in [0.3, 0.4) is 0 Å². The van der Waals surface area contributed by atoms with Crippen LogP contribution in [-0.4, -0.2) is 22.3 Å². The molecule has 0 aromatic heterocycles. The summed E-state index contributed by atoms with van der Waals surface area (Å²) in [6.45, 7) is 1.20. The Morgan fingerprint density at radius 1 is 1.67 bits per heavy atom. The minimum atomic E-state index is -1.23. The monoisotopic (exact) mass is 252 g/mol. The number of rotatable bonds is 1. The van der Waals surface area contributed by atoms with Crippen LogP contribution in [0.4, 0.5) is 0 Å². The number of aliphatic hydroxyl groups excluding tert-OH is 1. The van der Waals surface area contributed by atoms with Gasteiger partial charge in [0, 0.05) is 0 Å². The molecular weight excluding hydrogens is 244 g/mol. The molecule has 0 radical (unpaired) electrons. The van der Waals surface area contributed by atoms with Crippen LogP contribution < -0.4 is 0 Å². The average molecular weight is 250 g/mol. The van der Waals surface area contributed by atoms with E-state index in [9.17, 15) is 4.79 Å². The zero-order valence-corrected chi connectivity index (χ0v) is 8.24. The summed E-state index contributed by atoms with van der Waals surface area (Å²) >= 11 is -0.363. The quantitative estimate of drug-likeness (QED) is 0.672. The summed E-state index contributed by atoms with van der Waals surface area (Å²) < 4.78 is 0. The van der Waals surface area contributed by atoms with Gasteiger partial charge in [-0.1, -0.05) is 0 Å². The van der Waals surface area contributed by atoms with Crippen LogP contribution >= 0.6 is 19.6 Å². The normalized spacial score (nSPS) is 10.4. The molecule has 54 valence electrons. The molecule has 0 aliphatic rings. The molecular formula is C3H6MoO3S2. The predicted octanol–water partition coefficient (Wildman–Crippen LogP) is 0.746. The van der Waals surface area contributed by atoms with Gasteiger partial charge >= 0.3 is 40.5 Å². The number of hydrogen-bond acceptors (Lipinski definition) is 4. The molecule has 0 aromatic carbocycles. The second-order valence-corrected chi connectivity index (χ2v) is 4.64. The van der Waals surface area contributed by atoms with E-state index in [2.05, 4.69) is 19.6 Å². The standard InChI is InChI=1S/C3H6O3.Mo.2S/c1-2(4)3(5)6;;;/h2,4H,1H3,(H,5,6);;;. The third-order valence-corrected chi connectivity index (χ3v) is 0.357. The molecule has 0 aromatic rings. The minimum absolute atomic E-state index is 0.363. The van der Waals surface area contributed by atoms with Crippen molar-refractivity contribution in [1.82, 2.24) is 0 Å². The summed E-state index contributed by atoms with van der Waals surface area (Å²) in [6, 6.07) is 0. The van der Waals surface area contributed by atoms with Gasteiger partial charge < -0.3 is 10.2 Å². The molecule has 6 heteroatoms. The van der Waals surface area contributed by atoms with Crippen LogP contribution in [0.15, 0.2) is 0 Å². The third-order valence-electron chi connectivity index (χ3n) is 0.357. The fourth-order valence-electron chi connectivity index (χ4n) is 0. The van der Waals surface area contributed by atoms with Gasteiger partial charge in [0.05, 0.1) is 0 Å². The Morgan fingerprint density at radius 2 is 1.78 bits per heavy atom. The first kappa shape index (κ1) is 12.3. The number of aliphatic hydroxyl groups is 1. The molecule has 0 rings (SSSR count). The van der Waals surface area contributed by atoms with Gasteiger partial charge in [0.2, 0.25) is 0 Å². The van der Waals surface area contributed by atoms with E-state index in [1.165, 1.54) is 6.92 Å². The third kappa shape index (κ3) is 17.7. The van der Waals surface area contributed by atoms with Gasteiger partial charge in [-0.15, -0.1) is 0 Å². The zero-order valence-electron chi connectivity index (χ0n) is 4.60. The number of hydrogen-bond donors (Lipinski definition) is 2. The number of carboxylic acid groups (broad SMARTS) is 1. The van der Waals surface area contributed by atoms with Crippen molar-refractivity contribution in [2.45, 2.75) is 13.0 Å². The van der Waals surface area contributed by atoms with Crippen molar-refractivity contribution in [1.29, 1.82) is 0 Å². The van der Waals surface area contributed by atoms with Gasteiger partial charge in [-0.05, 0) is 6.92 Å². The Morgan fingerprint density at radius 3 is 1.78 bits per heavy atom. The van der Waals surface area contributed by atoms with E-state index < -0.39 is 12.1 Å². The Balaban J connectivity index is 0. The van der Waals surface area contributed by atoms with Gasteiger partial charge in [0.15, 0.2) is 0 Å².